The number of hydrogen-bond donors (Lipinski definition) is 1. The number of carbonyl (C=O) groups excluding carboxylic acids is 1. The van der Waals surface area contributed by atoms with Gasteiger partial charge in [0, 0.05) is 26.3 Å². The largest absolute Gasteiger partial charge is 0.378 e. The maximum absolute atomic E-state index is 13.2. The van der Waals surface area contributed by atoms with Crippen molar-refractivity contribution in [1.29, 1.82) is 0 Å². The van der Waals surface area contributed by atoms with Gasteiger partial charge < -0.3 is 10.2 Å². The molecule has 0 radical (unpaired) electrons. The predicted octanol–water partition coefficient (Wildman–Crippen LogP) is 3.57. The summed E-state index contributed by atoms with van der Waals surface area (Å²) in [4.78, 5) is 14.7. The van der Waals surface area contributed by atoms with Gasteiger partial charge in [0.15, 0.2) is 0 Å². The topological polar surface area (TPSA) is 50.2 Å². The maximum atomic E-state index is 13.2. The van der Waals surface area contributed by atoms with Crippen LogP contribution in [0.15, 0.2) is 54.7 Å². The van der Waals surface area contributed by atoms with Gasteiger partial charge in [-0.1, -0.05) is 19.1 Å². The quantitative estimate of drug-likeness (QED) is 0.726. The molecule has 0 spiro atoms. The molecule has 0 bridgehead atoms. The third-order valence-electron chi connectivity index (χ3n) is 4.43. The molecule has 0 aliphatic heterocycles. The number of anilines is 1. The van der Waals surface area contributed by atoms with Crippen LogP contribution in [0.25, 0.3) is 5.69 Å². The first-order valence-corrected chi connectivity index (χ1v) is 8.87. The smallest absolute Gasteiger partial charge is 0.255 e. The summed E-state index contributed by atoms with van der Waals surface area (Å²) in [6, 6.07) is 14.1. The van der Waals surface area contributed by atoms with E-state index in [1.54, 1.807) is 23.0 Å². The van der Waals surface area contributed by atoms with Crippen molar-refractivity contribution < 1.29 is 9.18 Å². The van der Waals surface area contributed by atoms with Crippen LogP contribution >= 0.6 is 0 Å². The van der Waals surface area contributed by atoms with Crippen molar-refractivity contribution >= 4 is 11.6 Å². The van der Waals surface area contributed by atoms with Crippen molar-refractivity contribution in [3.63, 3.8) is 0 Å². The van der Waals surface area contributed by atoms with E-state index in [0.717, 1.165) is 22.6 Å². The summed E-state index contributed by atoms with van der Waals surface area (Å²) in [5.41, 5.74) is 4.19. The molecule has 0 atom stereocenters. The molecule has 1 heterocycles. The Hall–Kier alpha value is -3.15. The zero-order valence-electron chi connectivity index (χ0n) is 15.7. The van der Waals surface area contributed by atoms with Crippen molar-refractivity contribution in [3.8, 4) is 5.69 Å². The Morgan fingerprint density at radius 2 is 1.78 bits per heavy atom. The van der Waals surface area contributed by atoms with Gasteiger partial charge >= 0.3 is 0 Å². The number of carbonyl (C=O) groups is 1. The molecule has 5 nitrogen and oxygen atoms in total. The average molecular weight is 366 g/mol. The van der Waals surface area contributed by atoms with Gasteiger partial charge in [0.05, 0.1) is 23.1 Å². The van der Waals surface area contributed by atoms with Gasteiger partial charge in [-0.2, -0.15) is 5.10 Å². The van der Waals surface area contributed by atoms with Crippen molar-refractivity contribution in [2.24, 2.45) is 0 Å². The van der Waals surface area contributed by atoms with Gasteiger partial charge in [0.2, 0.25) is 0 Å². The highest BCUT2D eigenvalue weighted by molar-refractivity contribution is 5.95. The molecule has 1 N–H and O–H groups in total. The van der Waals surface area contributed by atoms with Gasteiger partial charge in [-0.25, -0.2) is 9.07 Å². The minimum absolute atomic E-state index is 0.170. The number of hydrogen-bond acceptors (Lipinski definition) is 3. The zero-order valence-corrected chi connectivity index (χ0v) is 15.7. The predicted molar refractivity (Wildman–Crippen MR) is 105 cm³/mol. The molecule has 1 amide bonds. The standard InChI is InChI=1S/C21H23FN4O/c1-4-20-19(14-24-26(20)18-11-7-16(22)8-12-18)21(27)23-13-15-5-9-17(10-6-15)25(2)3/h5-12,14H,4,13H2,1-3H3,(H,23,27). The van der Waals surface area contributed by atoms with Crippen LogP contribution in [0.4, 0.5) is 10.1 Å². The van der Waals surface area contributed by atoms with Gasteiger partial charge in [-0.15, -0.1) is 0 Å². The summed E-state index contributed by atoms with van der Waals surface area (Å²) in [7, 11) is 3.98. The van der Waals surface area contributed by atoms with Crippen molar-refractivity contribution in [2.75, 3.05) is 19.0 Å². The Morgan fingerprint density at radius 3 is 2.37 bits per heavy atom. The lowest BCUT2D eigenvalue weighted by Crippen LogP contribution is -2.23. The highest BCUT2D eigenvalue weighted by atomic mass is 19.1. The van der Waals surface area contributed by atoms with Crippen LogP contribution in [-0.2, 0) is 13.0 Å². The molecule has 1 aromatic heterocycles. The fourth-order valence-electron chi connectivity index (χ4n) is 2.90. The van der Waals surface area contributed by atoms with Gasteiger partial charge in [-0.05, 0) is 48.4 Å². The van der Waals surface area contributed by atoms with E-state index in [4.69, 9.17) is 0 Å². The minimum atomic E-state index is -0.304. The molecule has 6 heteroatoms. The van der Waals surface area contributed by atoms with Crippen molar-refractivity contribution in [1.82, 2.24) is 15.1 Å². The Kier molecular flexibility index (Phi) is 5.54. The van der Waals surface area contributed by atoms with Crippen LogP contribution in [0.5, 0.6) is 0 Å². The molecule has 3 aromatic rings. The zero-order chi connectivity index (χ0) is 19.4. The molecule has 0 saturated carbocycles. The summed E-state index contributed by atoms with van der Waals surface area (Å²) in [6.45, 7) is 2.41. The number of nitrogens with one attached hydrogen (secondary N) is 1. The van der Waals surface area contributed by atoms with E-state index in [9.17, 15) is 9.18 Å². The number of aromatic nitrogens is 2. The molecule has 0 aliphatic rings. The van der Waals surface area contributed by atoms with Crippen molar-refractivity contribution in [3.05, 3.63) is 77.4 Å². The SMILES string of the molecule is CCc1c(C(=O)NCc2ccc(N(C)C)cc2)cnn1-c1ccc(F)cc1. The summed E-state index contributed by atoms with van der Waals surface area (Å²) in [6.07, 6.45) is 2.20. The number of halogens is 1. The molecule has 3 rings (SSSR count). The van der Waals surface area contributed by atoms with Crippen LogP contribution in [0, 0.1) is 5.82 Å². The summed E-state index contributed by atoms with van der Waals surface area (Å²) in [5.74, 6) is -0.473. The molecular weight excluding hydrogens is 343 g/mol. The average Bonchev–Trinajstić information content (AvgIpc) is 3.11. The molecule has 27 heavy (non-hydrogen) atoms. The lowest BCUT2D eigenvalue weighted by atomic mass is 10.1. The molecule has 0 saturated heterocycles. The van der Waals surface area contributed by atoms with Crippen LogP contribution < -0.4 is 10.2 Å². The maximum Gasteiger partial charge on any atom is 0.255 e. The first kappa shape index (κ1) is 18.6. The lowest BCUT2D eigenvalue weighted by molar-refractivity contribution is 0.0950. The van der Waals surface area contributed by atoms with Crippen LogP contribution in [0.1, 0.15) is 28.5 Å². The Bertz CT molecular complexity index is 914. The van der Waals surface area contributed by atoms with E-state index in [0.29, 0.717) is 18.5 Å². The van der Waals surface area contributed by atoms with E-state index in [1.807, 2.05) is 50.2 Å². The molecular formula is C21H23FN4O. The highest BCUT2D eigenvalue weighted by Gasteiger charge is 2.17. The fraction of sp³-hybridized carbons (Fsp3) is 0.238. The van der Waals surface area contributed by atoms with E-state index in [-0.39, 0.29) is 11.7 Å². The number of amides is 1. The molecule has 0 fully saturated rings. The van der Waals surface area contributed by atoms with E-state index in [1.165, 1.54) is 12.1 Å². The number of nitrogens with zero attached hydrogens (tertiary/aromatic N) is 3. The monoisotopic (exact) mass is 366 g/mol. The Labute approximate surface area is 158 Å². The van der Waals surface area contributed by atoms with Gasteiger partial charge in [0.25, 0.3) is 5.91 Å². The normalized spacial score (nSPS) is 10.7. The lowest BCUT2D eigenvalue weighted by Gasteiger charge is -2.13. The van der Waals surface area contributed by atoms with E-state index >= 15 is 0 Å². The molecule has 2 aromatic carbocycles. The second-order valence-electron chi connectivity index (χ2n) is 6.49. The second kappa shape index (κ2) is 8.03. The van der Waals surface area contributed by atoms with Crippen LogP contribution in [0.2, 0.25) is 0 Å². The number of rotatable bonds is 6. The van der Waals surface area contributed by atoms with E-state index in [2.05, 4.69) is 10.4 Å². The van der Waals surface area contributed by atoms with Gasteiger partial charge in [-0.3, -0.25) is 4.79 Å². The summed E-state index contributed by atoms with van der Waals surface area (Å²) in [5, 5.41) is 7.27. The first-order valence-electron chi connectivity index (χ1n) is 8.87. The molecule has 0 unspecified atom stereocenters. The molecule has 140 valence electrons. The molecule has 0 aliphatic carbocycles. The van der Waals surface area contributed by atoms with E-state index < -0.39 is 0 Å². The third kappa shape index (κ3) is 4.16. The Morgan fingerprint density at radius 1 is 1.11 bits per heavy atom. The number of benzene rings is 2. The third-order valence-corrected chi connectivity index (χ3v) is 4.43. The highest BCUT2D eigenvalue weighted by Crippen LogP contribution is 2.17. The van der Waals surface area contributed by atoms with Crippen LogP contribution in [0.3, 0.4) is 0 Å². The minimum Gasteiger partial charge on any atom is -0.378 e. The Balaban J connectivity index is 1.74. The second-order valence-corrected chi connectivity index (χ2v) is 6.49. The van der Waals surface area contributed by atoms with Crippen molar-refractivity contribution in [2.45, 2.75) is 19.9 Å². The summed E-state index contributed by atoms with van der Waals surface area (Å²) >= 11 is 0. The van der Waals surface area contributed by atoms with Crippen LogP contribution in [-0.4, -0.2) is 29.8 Å². The fourth-order valence-corrected chi connectivity index (χ4v) is 2.90. The van der Waals surface area contributed by atoms with Gasteiger partial charge in [0.1, 0.15) is 5.82 Å². The first-order chi connectivity index (χ1) is 13.0. The summed E-state index contributed by atoms with van der Waals surface area (Å²) < 4.78 is 14.8.